The number of hydrogen-bond donors (Lipinski definition) is 0. The summed E-state index contributed by atoms with van der Waals surface area (Å²) < 4.78 is 1.34. The molecule has 10 aromatic carbocycles. The lowest BCUT2D eigenvalue weighted by molar-refractivity contribution is 1.59. The molecule has 0 saturated carbocycles. The third-order valence-corrected chi connectivity index (χ3v) is 13.0. The smallest absolute Gasteiger partial charge is 0.0427 e. The molecule has 264 valence electrons. The maximum atomic E-state index is 2.43. The van der Waals surface area contributed by atoms with Crippen LogP contribution >= 0.6 is 11.3 Å². The monoisotopic (exact) mass is 738 g/mol. The van der Waals surface area contributed by atoms with Crippen molar-refractivity contribution in [2.45, 2.75) is 0 Å². The predicted molar refractivity (Wildman–Crippen MR) is 246 cm³/mol. The topological polar surface area (TPSA) is 0 Å². The summed E-state index contributed by atoms with van der Waals surface area (Å²) in [7, 11) is 0. The van der Waals surface area contributed by atoms with Gasteiger partial charge in [0, 0.05) is 15.6 Å². The summed E-state index contributed by atoms with van der Waals surface area (Å²) in [5.41, 5.74) is 17.7. The van der Waals surface area contributed by atoms with E-state index < -0.39 is 0 Å². The molecule has 1 aromatic heterocycles. The molecule has 1 heteroatoms. The van der Waals surface area contributed by atoms with Gasteiger partial charge in [-0.1, -0.05) is 188 Å². The van der Waals surface area contributed by atoms with Gasteiger partial charge in [0.15, 0.2) is 0 Å². The number of hydrogen-bond acceptors (Lipinski definition) is 1. The Bertz CT molecular complexity index is 3220. The van der Waals surface area contributed by atoms with Gasteiger partial charge in [-0.05, 0) is 122 Å². The quantitative estimate of drug-likeness (QED) is 0.165. The maximum Gasteiger partial charge on any atom is 0.0427 e. The number of benzene rings is 10. The second kappa shape index (κ2) is 12.7. The fourth-order valence-electron chi connectivity index (χ4n) is 9.74. The van der Waals surface area contributed by atoms with Crippen LogP contribution in [0.25, 0.3) is 120 Å². The molecule has 0 atom stereocenters. The summed E-state index contributed by atoms with van der Waals surface area (Å²) in [5, 5.41) is 11.3. The Balaban J connectivity index is 1.30. The van der Waals surface area contributed by atoms with E-state index in [1.54, 1.807) is 0 Å². The third-order valence-electron chi connectivity index (χ3n) is 12.1. The Morgan fingerprint density at radius 2 is 0.737 bits per heavy atom. The lowest BCUT2D eigenvalue weighted by Crippen LogP contribution is -1.97. The van der Waals surface area contributed by atoms with Crippen LogP contribution in [0.1, 0.15) is 0 Å². The first kappa shape index (κ1) is 32.2. The molecule has 0 saturated heterocycles. The van der Waals surface area contributed by atoms with Crippen molar-refractivity contribution in [1.29, 1.82) is 0 Å². The first-order valence-corrected chi connectivity index (χ1v) is 20.6. The largest absolute Gasteiger partial charge is 0.143 e. The van der Waals surface area contributed by atoms with Crippen molar-refractivity contribution in [3.63, 3.8) is 0 Å². The molecule has 0 aliphatic heterocycles. The molecule has 1 aliphatic rings. The molecule has 57 heavy (non-hydrogen) atoms. The molecule has 0 spiro atoms. The Morgan fingerprint density at radius 3 is 1.33 bits per heavy atom. The summed E-state index contributed by atoms with van der Waals surface area (Å²) in [4.78, 5) is 0. The van der Waals surface area contributed by atoms with E-state index in [4.69, 9.17) is 0 Å². The molecule has 0 radical (unpaired) electrons. The van der Waals surface area contributed by atoms with Crippen molar-refractivity contribution in [2.24, 2.45) is 0 Å². The number of thiophene rings is 1. The van der Waals surface area contributed by atoms with Gasteiger partial charge in [0.2, 0.25) is 0 Å². The minimum absolute atomic E-state index is 1.21. The van der Waals surface area contributed by atoms with Crippen LogP contribution in [0.3, 0.4) is 0 Å². The first-order chi connectivity index (χ1) is 28.3. The van der Waals surface area contributed by atoms with E-state index >= 15 is 0 Å². The third kappa shape index (κ3) is 4.80. The van der Waals surface area contributed by atoms with Crippen molar-refractivity contribution in [1.82, 2.24) is 0 Å². The summed E-state index contributed by atoms with van der Waals surface area (Å²) in [6.07, 6.45) is 0. The average molecular weight is 739 g/mol. The minimum atomic E-state index is 1.21. The van der Waals surface area contributed by atoms with E-state index in [1.165, 1.54) is 120 Å². The number of rotatable bonds is 5. The standard InChI is InChI=1S/C56H34S/c1-5-16-35(17-6-1)41-28-29-42(36-18-7-2-8-19-36)53-50(38-22-11-4-12-23-38)55-47-31-30-43(48-34-39-24-13-14-25-40(39)45-32-33-57-56(45)48)44-26-15-27-46(51(44)47)54(55)49(52(41)53)37-20-9-3-10-21-37/h1-34H. The molecule has 0 nitrogen and oxygen atoms in total. The molecule has 12 rings (SSSR count). The summed E-state index contributed by atoms with van der Waals surface area (Å²) in [6, 6.07) is 74.3. The van der Waals surface area contributed by atoms with Crippen LogP contribution in [0.2, 0.25) is 0 Å². The molecule has 1 aliphatic carbocycles. The van der Waals surface area contributed by atoms with Gasteiger partial charge in [-0.3, -0.25) is 0 Å². The van der Waals surface area contributed by atoms with Gasteiger partial charge in [-0.2, -0.15) is 0 Å². The Morgan fingerprint density at radius 1 is 0.263 bits per heavy atom. The normalized spacial score (nSPS) is 11.9. The lowest BCUT2D eigenvalue weighted by atomic mass is 9.78. The van der Waals surface area contributed by atoms with Crippen LogP contribution < -0.4 is 0 Å². The first-order valence-electron chi connectivity index (χ1n) is 19.7. The average Bonchev–Trinajstić information content (AvgIpc) is 3.91. The Hall–Kier alpha value is -7.06. The van der Waals surface area contributed by atoms with Gasteiger partial charge in [0.25, 0.3) is 0 Å². The molecule has 11 aromatic rings. The molecular formula is C56H34S. The van der Waals surface area contributed by atoms with Crippen LogP contribution in [0.15, 0.2) is 206 Å². The molecule has 0 unspecified atom stereocenters. The van der Waals surface area contributed by atoms with Gasteiger partial charge in [-0.25, -0.2) is 0 Å². The van der Waals surface area contributed by atoms with E-state index in [0.29, 0.717) is 0 Å². The molecule has 1 heterocycles. The SMILES string of the molecule is c1ccc(-c2ccc(-c3ccccc3)c3c(-c4ccccc4)c4c(c(-c5ccccc5)c23)-c2cccc3c(-c5cc6ccccc6c6ccsc56)ccc-4c23)cc1. The van der Waals surface area contributed by atoms with Crippen molar-refractivity contribution in [3.8, 4) is 77.9 Å². The van der Waals surface area contributed by atoms with Crippen LogP contribution in [0, 0.1) is 0 Å². The molecular weight excluding hydrogens is 705 g/mol. The van der Waals surface area contributed by atoms with Gasteiger partial charge < -0.3 is 0 Å². The molecule has 0 bridgehead atoms. The highest BCUT2D eigenvalue weighted by molar-refractivity contribution is 7.18. The highest BCUT2D eigenvalue weighted by Crippen LogP contribution is 2.61. The van der Waals surface area contributed by atoms with Gasteiger partial charge in [-0.15, -0.1) is 11.3 Å². The summed E-state index contributed by atoms with van der Waals surface area (Å²) in [5.74, 6) is 0. The van der Waals surface area contributed by atoms with Crippen molar-refractivity contribution >= 4 is 53.7 Å². The highest BCUT2D eigenvalue weighted by atomic mass is 32.1. The fourth-order valence-corrected chi connectivity index (χ4v) is 10.7. The highest BCUT2D eigenvalue weighted by Gasteiger charge is 2.33. The van der Waals surface area contributed by atoms with Crippen molar-refractivity contribution in [3.05, 3.63) is 206 Å². The van der Waals surface area contributed by atoms with Crippen LogP contribution in [0.4, 0.5) is 0 Å². The van der Waals surface area contributed by atoms with Crippen molar-refractivity contribution < 1.29 is 0 Å². The van der Waals surface area contributed by atoms with Crippen LogP contribution in [0.5, 0.6) is 0 Å². The zero-order valence-corrected chi connectivity index (χ0v) is 31.9. The van der Waals surface area contributed by atoms with Gasteiger partial charge in [0.05, 0.1) is 0 Å². The predicted octanol–water partition coefficient (Wildman–Crippen LogP) is 16.3. The van der Waals surface area contributed by atoms with E-state index in [2.05, 4.69) is 206 Å². The minimum Gasteiger partial charge on any atom is -0.143 e. The van der Waals surface area contributed by atoms with Gasteiger partial charge >= 0.3 is 0 Å². The van der Waals surface area contributed by atoms with Crippen LogP contribution in [-0.2, 0) is 0 Å². The fraction of sp³-hybridized carbons (Fsp3) is 0. The second-order valence-electron chi connectivity index (χ2n) is 15.1. The molecule has 0 amide bonds. The zero-order chi connectivity index (χ0) is 37.5. The summed E-state index contributed by atoms with van der Waals surface area (Å²) >= 11 is 1.84. The van der Waals surface area contributed by atoms with Crippen LogP contribution in [-0.4, -0.2) is 0 Å². The van der Waals surface area contributed by atoms with Gasteiger partial charge in [0.1, 0.15) is 0 Å². The second-order valence-corrected chi connectivity index (χ2v) is 16.0. The zero-order valence-electron chi connectivity index (χ0n) is 31.0. The lowest BCUT2D eigenvalue weighted by Gasteiger charge is -2.25. The van der Waals surface area contributed by atoms with E-state index in [1.807, 2.05) is 11.3 Å². The maximum absolute atomic E-state index is 2.43. The molecule has 0 N–H and O–H groups in total. The van der Waals surface area contributed by atoms with E-state index in [-0.39, 0.29) is 0 Å². The molecule has 0 fully saturated rings. The van der Waals surface area contributed by atoms with E-state index in [9.17, 15) is 0 Å². The van der Waals surface area contributed by atoms with E-state index in [0.717, 1.165) is 0 Å². The Kier molecular flexibility index (Phi) is 7.20. The Labute approximate surface area is 335 Å². The van der Waals surface area contributed by atoms with Crippen molar-refractivity contribution in [2.75, 3.05) is 0 Å². The number of fused-ring (bicyclic) bond motifs is 7. The summed E-state index contributed by atoms with van der Waals surface area (Å²) in [6.45, 7) is 0.